The number of hydrogen-bond acceptors (Lipinski definition) is 0. The maximum atomic E-state index is 14.8. The second-order valence-corrected chi connectivity index (χ2v) is 8.53. The zero-order chi connectivity index (χ0) is 22.0. The third-order valence-electron chi connectivity index (χ3n) is 5.29. The van der Waals surface area contributed by atoms with Crippen LogP contribution in [0.5, 0.6) is 0 Å². The van der Waals surface area contributed by atoms with E-state index in [0.29, 0.717) is 58.5 Å². The van der Waals surface area contributed by atoms with Crippen LogP contribution in [-0.2, 0) is 25.7 Å². The highest BCUT2D eigenvalue weighted by molar-refractivity contribution is 6.32. The van der Waals surface area contributed by atoms with Crippen LogP contribution < -0.4 is 0 Å². The summed E-state index contributed by atoms with van der Waals surface area (Å²) in [6.45, 7) is 3.34. The van der Waals surface area contributed by atoms with Gasteiger partial charge in [0.1, 0.15) is 17.5 Å². The molecule has 3 aromatic rings. The quantitative estimate of drug-likeness (QED) is 0.339. The lowest BCUT2D eigenvalue weighted by Gasteiger charge is -2.11. The summed E-state index contributed by atoms with van der Waals surface area (Å²) in [5, 5.41) is 0.489. The zero-order valence-electron chi connectivity index (χ0n) is 16.6. The van der Waals surface area contributed by atoms with Crippen molar-refractivity contribution in [3.05, 3.63) is 102 Å². The molecule has 0 aromatic heterocycles. The standard InChI is InChI=1S/C24H20Cl3F3/c1-13-3-5-17(23(29)21(13)26)9-10-18-8-7-16(22(27)24(18)30)6-4-15-11-19(25)14(2)20(28)12-15/h3,5,7-8,11-12H,4,6,9-10H2,1-2H3. The molecule has 0 nitrogen and oxygen atoms in total. The summed E-state index contributed by atoms with van der Waals surface area (Å²) in [4.78, 5) is 0. The van der Waals surface area contributed by atoms with Crippen LogP contribution in [0.1, 0.15) is 33.4 Å². The summed E-state index contributed by atoms with van der Waals surface area (Å²) < 4.78 is 42.9. The molecule has 0 radical (unpaired) electrons. The molecule has 0 saturated carbocycles. The topological polar surface area (TPSA) is 0 Å². The predicted molar refractivity (Wildman–Crippen MR) is 119 cm³/mol. The van der Waals surface area contributed by atoms with Crippen molar-refractivity contribution < 1.29 is 13.2 Å². The maximum absolute atomic E-state index is 14.8. The van der Waals surface area contributed by atoms with Gasteiger partial charge >= 0.3 is 0 Å². The number of hydrogen-bond donors (Lipinski definition) is 0. The van der Waals surface area contributed by atoms with Crippen LogP contribution in [0.2, 0.25) is 15.1 Å². The van der Waals surface area contributed by atoms with E-state index < -0.39 is 11.6 Å². The third-order valence-corrected chi connectivity index (χ3v) is 6.55. The van der Waals surface area contributed by atoms with Crippen LogP contribution >= 0.6 is 34.8 Å². The molecule has 3 aromatic carbocycles. The molecule has 30 heavy (non-hydrogen) atoms. The fourth-order valence-electron chi connectivity index (χ4n) is 3.29. The minimum Gasteiger partial charge on any atom is -0.207 e. The van der Waals surface area contributed by atoms with E-state index >= 15 is 0 Å². The first-order valence-corrected chi connectivity index (χ1v) is 10.7. The van der Waals surface area contributed by atoms with Gasteiger partial charge in [0, 0.05) is 10.6 Å². The van der Waals surface area contributed by atoms with Gasteiger partial charge in [-0.15, -0.1) is 0 Å². The van der Waals surface area contributed by atoms with Gasteiger partial charge in [-0.2, -0.15) is 0 Å². The lowest BCUT2D eigenvalue weighted by Crippen LogP contribution is -2.02. The minimum atomic E-state index is -0.513. The lowest BCUT2D eigenvalue weighted by molar-refractivity contribution is 0.593. The molecular formula is C24H20Cl3F3. The van der Waals surface area contributed by atoms with Crippen molar-refractivity contribution in [1.29, 1.82) is 0 Å². The van der Waals surface area contributed by atoms with E-state index in [4.69, 9.17) is 34.8 Å². The Morgan fingerprint density at radius 3 is 1.83 bits per heavy atom. The predicted octanol–water partition coefficient (Wildman–Crippen LogP) is 8.25. The fraction of sp³-hybridized carbons (Fsp3) is 0.250. The SMILES string of the molecule is Cc1ccc(CCc2ccc(CCc3cc(F)c(C)c(Cl)c3)c(Cl)c2F)c(F)c1Cl. The van der Waals surface area contributed by atoms with Crippen molar-refractivity contribution in [3.8, 4) is 0 Å². The third kappa shape index (κ3) is 4.96. The van der Waals surface area contributed by atoms with E-state index in [1.54, 1.807) is 44.2 Å². The minimum absolute atomic E-state index is 0.0357. The molecule has 0 aliphatic carbocycles. The van der Waals surface area contributed by atoms with Crippen LogP contribution in [0.3, 0.4) is 0 Å². The summed E-state index contributed by atoms with van der Waals surface area (Å²) in [5.41, 5.74) is 3.24. The van der Waals surface area contributed by atoms with Crippen LogP contribution in [0.15, 0.2) is 36.4 Å². The average molecular weight is 472 g/mol. The Morgan fingerprint density at radius 2 is 1.20 bits per heavy atom. The molecule has 0 N–H and O–H groups in total. The van der Waals surface area contributed by atoms with E-state index in [1.807, 2.05) is 0 Å². The average Bonchev–Trinajstić information content (AvgIpc) is 2.71. The van der Waals surface area contributed by atoms with Crippen LogP contribution in [0, 0.1) is 31.3 Å². The Hall–Kier alpha value is -1.68. The van der Waals surface area contributed by atoms with E-state index in [2.05, 4.69) is 0 Å². The summed E-state index contributed by atoms with van der Waals surface area (Å²) in [5.74, 6) is -1.35. The molecule has 0 aliphatic rings. The van der Waals surface area contributed by atoms with Crippen molar-refractivity contribution in [2.45, 2.75) is 39.5 Å². The van der Waals surface area contributed by atoms with Crippen molar-refractivity contribution in [1.82, 2.24) is 0 Å². The number of aryl methyl sites for hydroxylation is 5. The molecular weight excluding hydrogens is 452 g/mol. The molecule has 0 aliphatic heterocycles. The summed E-state index contributed by atoms with van der Waals surface area (Å²) >= 11 is 18.2. The Balaban J connectivity index is 1.72. The van der Waals surface area contributed by atoms with Gasteiger partial charge in [0.25, 0.3) is 0 Å². The molecule has 0 unspecified atom stereocenters. The highest BCUT2D eigenvalue weighted by Gasteiger charge is 2.15. The Morgan fingerprint density at radius 1 is 0.667 bits per heavy atom. The fourth-order valence-corrected chi connectivity index (χ4v) is 3.98. The highest BCUT2D eigenvalue weighted by Crippen LogP contribution is 2.28. The second-order valence-electron chi connectivity index (χ2n) is 7.37. The van der Waals surface area contributed by atoms with Crippen molar-refractivity contribution in [2.75, 3.05) is 0 Å². The number of benzene rings is 3. The van der Waals surface area contributed by atoms with E-state index in [0.717, 1.165) is 5.56 Å². The van der Waals surface area contributed by atoms with Gasteiger partial charge < -0.3 is 0 Å². The molecule has 0 amide bonds. The molecule has 0 fully saturated rings. The first-order valence-electron chi connectivity index (χ1n) is 9.52. The molecule has 0 heterocycles. The smallest absolute Gasteiger partial charge is 0.145 e. The zero-order valence-corrected chi connectivity index (χ0v) is 18.8. The van der Waals surface area contributed by atoms with Gasteiger partial charge in [0.2, 0.25) is 0 Å². The lowest BCUT2D eigenvalue weighted by atomic mass is 9.98. The monoisotopic (exact) mass is 470 g/mol. The number of rotatable bonds is 6. The first kappa shape index (κ1) is 23.0. The molecule has 0 spiro atoms. The van der Waals surface area contributed by atoms with Gasteiger partial charge in [-0.25, -0.2) is 13.2 Å². The summed E-state index contributed by atoms with van der Waals surface area (Å²) in [6, 6.07) is 9.96. The van der Waals surface area contributed by atoms with Gasteiger partial charge in [-0.1, -0.05) is 59.1 Å². The summed E-state index contributed by atoms with van der Waals surface area (Å²) in [7, 11) is 0. The maximum Gasteiger partial charge on any atom is 0.145 e. The molecule has 3 rings (SSSR count). The van der Waals surface area contributed by atoms with Gasteiger partial charge in [-0.05, 0) is 79.5 Å². The normalized spacial score (nSPS) is 11.2. The molecule has 6 heteroatoms. The van der Waals surface area contributed by atoms with E-state index in [-0.39, 0.29) is 15.9 Å². The van der Waals surface area contributed by atoms with Crippen LogP contribution in [0.4, 0.5) is 13.2 Å². The van der Waals surface area contributed by atoms with Crippen molar-refractivity contribution >= 4 is 34.8 Å². The molecule has 0 atom stereocenters. The Labute approximate surface area is 189 Å². The van der Waals surface area contributed by atoms with E-state index in [9.17, 15) is 13.2 Å². The Bertz CT molecular complexity index is 1070. The van der Waals surface area contributed by atoms with E-state index in [1.165, 1.54) is 6.07 Å². The largest absolute Gasteiger partial charge is 0.207 e. The number of halogens is 6. The van der Waals surface area contributed by atoms with Gasteiger partial charge in [0.15, 0.2) is 0 Å². The molecule has 0 bridgehead atoms. The highest BCUT2D eigenvalue weighted by atomic mass is 35.5. The van der Waals surface area contributed by atoms with Crippen LogP contribution in [-0.4, -0.2) is 0 Å². The van der Waals surface area contributed by atoms with Gasteiger partial charge in [-0.3, -0.25) is 0 Å². The second kappa shape index (κ2) is 9.64. The molecule has 0 saturated heterocycles. The van der Waals surface area contributed by atoms with Crippen molar-refractivity contribution in [2.24, 2.45) is 0 Å². The summed E-state index contributed by atoms with van der Waals surface area (Å²) in [6.07, 6.45) is 1.51. The van der Waals surface area contributed by atoms with Gasteiger partial charge in [0.05, 0.1) is 10.0 Å². The molecule has 158 valence electrons. The Kier molecular flexibility index (Phi) is 7.38. The van der Waals surface area contributed by atoms with Crippen molar-refractivity contribution in [3.63, 3.8) is 0 Å². The first-order chi connectivity index (χ1) is 14.2. The van der Waals surface area contributed by atoms with Crippen LogP contribution in [0.25, 0.3) is 0 Å².